The highest BCUT2D eigenvalue weighted by atomic mass is 16.5. The van der Waals surface area contributed by atoms with Gasteiger partial charge in [0.05, 0.1) is 7.11 Å². The molecule has 3 aromatic rings. The van der Waals surface area contributed by atoms with Crippen LogP contribution >= 0.6 is 0 Å². The van der Waals surface area contributed by atoms with Crippen LogP contribution in [0.5, 0.6) is 5.75 Å². The van der Waals surface area contributed by atoms with Crippen LogP contribution in [0.4, 0.5) is 22.9 Å². The van der Waals surface area contributed by atoms with E-state index in [-0.39, 0.29) is 11.6 Å². The Morgan fingerprint density at radius 3 is 2.24 bits per heavy atom. The molecule has 2 N–H and O–H groups in total. The average Bonchev–Trinajstić information content (AvgIpc) is 2.76. The molecule has 2 aromatic carbocycles. The summed E-state index contributed by atoms with van der Waals surface area (Å²) in [6.45, 7) is 6.11. The highest BCUT2D eigenvalue weighted by molar-refractivity contribution is 6.03. The normalized spacial score (nSPS) is 10.3. The molecule has 1 heterocycles. The number of carbonyl (C=O) groups excluding carboxylic acids is 1. The molecule has 1 amide bonds. The summed E-state index contributed by atoms with van der Waals surface area (Å²) in [5.74, 6) is 1.01. The number of ether oxygens (including phenoxy) is 1. The minimum Gasteiger partial charge on any atom is -0.497 e. The standard InChI is InChI=1S/C22H25N5O2/c1-4-27(5-2)18-10-6-17(7-11-18)26-22(28)20-14-21(24-15-23-20)25-16-8-12-19(29-3)13-9-16/h6-15H,4-5H2,1-3H3,(H,26,28)(H,23,24,25). The maximum absolute atomic E-state index is 12.6. The topological polar surface area (TPSA) is 79.4 Å². The first kappa shape index (κ1) is 20.1. The molecule has 0 saturated heterocycles. The second-order valence-electron chi connectivity index (χ2n) is 6.32. The molecule has 7 nitrogen and oxygen atoms in total. The third kappa shape index (κ3) is 5.22. The maximum atomic E-state index is 12.6. The first-order valence-electron chi connectivity index (χ1n) is 9.52. The third-order valence-electron chi connectivity index (χ3n) is 4.52. The molecule has 0 aliphatic heterocycles. The SMILES string of the molecule is CCN(CC)c1ccc(NC(=O)c2cc(Nc3ccc(OC)cc3)ncn2)cc1. The molecule has 0 aliphatic rings. The predicted molar refractivity (Wildman–Crippen MR) is 116 cm³/mol. The zero-order valence-electron chi connectivity index (χ0n) is 16.8. The zero-order chi connectivity index (χ0) is 20.6. The molecule has 1 aromatic heterocycles. The van der Waals surface area contributed by atoms with E-state index in [1.807, 2.05) is 48.5 Å². The Morgan fingerprint density at radius 2 is 1.62 bits per heavy atom. The van der Waals surface area contributed by atoms with Gasteiger partial charge in [0.2, 0.25) is 0 Å². The van der Waals surface area contributed by atoms with Gasteiger partial charge >= 0.3 is 0 Å². The molecule has 7 heteroatoms. The van der Waals surface area contributed by atoms with E-state index in [9.17, 15) is 4.79 Å². The van der Waals surface area contributed by atoms with Crippen molar-refractivity contribution in [1.29, 1.82) is 0 Å². The molecular formula is C22H25N5O2. The molecule has 0 saturated carbocycles. The largest absolute Gasteiger partial charge is 0.497 e. The van der Waals surface area contributed by atoms with Gasteiger partial charge in [-0.2, -0.15) is 0 Å². The average molecular weight is 391 g/mol. The number of hydrogen-bond donors (Lipinski definition) is 2. The zero-order valence-corrected chi connectivity index (χ0v) is 16.8. The van der Waals surface area contributed by atoms with Crippen molar-refractivity contribution in [3.05, 3.63) is 66.6 Å². The van der Waals surface area contributed by atoms with Gasteiger partial charge in [-0.05, 0) is 62.4 Å². The quantitative estimate of drug-likeness (QED) is 0.595. The number of hydrogen-bond acceptors (Lipinski definition) is 6. The second kappa shape index (κ2) is 9.54. The minimum absolute atomic E-state index is 0.281. The molecule has 150 valence electrons. The van der Waals surface area contributed by atoms with Crippen LogP contribution in [0.2, 0.25) is 0 Å². The summed E-state index contributed by atoms with van der Waals surface area (Å²) < 4.78 is 5.15. The van der Waals surface area contributed by atoms with Crippen LogP contribution in [-0.4, -0.2) is 36.1 Å². The van der Waals surface area contributed by atoms with E-state index < -0.39 is 0 Å². The van der Waals surface area contributed by atoms with Crippen molar-refractivity contribution in [2.75, 3.05) is 35.7 Å². The molecule has 0 spiro atoms. The number of nitrogens with zero attached hydrogens (tertiary/aromatic N) is 3. The van der Waals surface area contributed by atoms with Crippen molar-refractivity contribution in [3.63, 3.8) is 0 Å². The summed E-state index contributed by atoms with van der Waals surface area (Å²) in [4.78, 5) is 23.1. The van der Waals surface area contributed by atoms with E-state index in [0.717, 1.165) is 30.2 Å². The maximum Gasteiger partial charge on any atom is 0.274 e. The van der Waals surface area contributed by atoms with Gasteiger partial charge in [0.25, 0.3) is 5.91 Å². The number of nitrogens with one attached hydrogen (secondary N) is 2. The number of benzene rings is 2. The van der Waals surface area contributed by atoms with Crippen LogP contribution in [0, 0.1) is 0 Å². The first-order chi connectivity index (χ1) is 14.1. The molecule has 0 bridgehead atoms. The van der Waals surface area contributed by atoms with Gasteiger partial charge in [0.1, 0.15) is 23.6 Å². The molecule has 3 rings (SSSR count). The van der Waals surface area contributed by atoms with Crippen molar-refractivity contribution >= 4 is 28.8 Å². The lowest BCUT2D eigenvalue weighted by Gasteiger charge is -2.21. The fourth-order valence-electron chi connectivity index (χ4n) is 2.91. The van der Waals surface area contributed by atoms with Gasteiger partial charge in [0.15, 0.2) is 0 Å². The fraction of sp³-hybridized carbons (Fsp3) is 0.227. The summed E-state index contributed by atoms with van der Waals surface area (Å²) in [6.07, 6.45) is 1.37. The molecular weight excluding hydrogens is 366 g/mol. The van der Waals surface area contributed by atoms with Crippen molar-refractivity contribution in [3.8, 4) is 5.75 Å². The predicted octanol–water partition coefficient (Wildman–Crippen LogP) is 4.33. The summed E-state index contributed by atoms with van der Waals surface area (Å²) in [6, 6.07) is 16.8. The van der Waals surface area contributed by atoms with E-state index in [4.69, 9.17) is 4.74 Å². The van der Waals surface area contributed by atoms with Gasteiger partial charge in [-0.3, -0.25) is 4.79 Å². The number of amides is 1. The van der Waals surface area contributed by atoms with Crippen molar-refractivity contribution < 1.29 is 9.53 Å². The molecule has 0 radical (unpaired) electrons. The smallest absolute Gasteiger partial charge is 0.274 e. The van der Waals surface area contributed by atoms with E-state index in [1.54, 1.807) is 13.2 Å². The van der Waals surface area contributed by atoms with Gasteiger partial charge in [-0.1, -0.05) is 0 Å². The summed E-state index contributed by atoms with van der Waals surface area (Å²) in [7, 11) is 1.62. The van der Waals surface area contributed by atoms with Crippen LogP contribution < -0.4 is 20.3 Å². The van der Waals surface area contributed by atoms with Crippen molar-refractivity contribution in [2.45, 2.75) is 13.8 Å². The lowest BCUT2D eigenvalue weighted by atomic mass is 10.2. The van der Waals surface area contributed by atoms with Crippen LogP contribution in [0.1, 0.15) is 24.3 Å². The Labute approximate surface area is 170 Å². The van der Waals surface area contributed by atoms with Gasteiger partial charge in [-0.15, -0.1) is 0 Å². The Bertz CT molecular complexity index is 938. The number of rotatable bonds is 8. The van der Waals surface area contributed by atoms with Crippen LogP contribution in [0.25, 0.3) is 0 Å². The van der Waals surface area contributed by atoms with Crippen LogP contribution in [0.15, 0.2) is 60.9 Å². The second-order valence-corrected chi connectivity index (χ2v) is 6.32. The Morgan fingerprint density at radius 1 is 0.966 bits per heavy atom. The van der Waals surface area contributed by atoms with E-state index >= 15 is 0 Å². The summed E-state index contributed by atoms with van der Waals surface area (Å²) in [5.41, 5.74) is 2.96. The van der Waals surface area contributed by atoms with Gasteiger partial charge in [0, 0.05) is 36.2 Å². The van der Waals surface area contributed by atoms with Crippen LogP contribution in [-0.2, 0) is 0 Å². The lowest BCUT2D eigenvalue weighted by molar-refractivity contribution is 0.102. The van der Waals surface area contributed by atoms with E-state index in [0.29, 0.717) is 11.5 Å². The van der Waals surface area contributed by atoms with Crippen LogP contribution in [0.3, 0.4) is 0 Å². The minimum atomic E-state index is -0.291. The molecule has 0 atom stereocenters. The number of carbonyl (C=O) groups is 1. The fourth-order valence-corrected chi connectivity index (χ4v) is 2.91. The number of aromatic nitrogens is 2. The highest BCUT2D eigenvalue weighted by Crippen LogP contribution is 2.20. The summed E-state index contributed by atoms with van der Waals surface area (Å²) >= 11 is 0. The Balaban J connectivity index is 1.67. The Hall–Kier alpha value is -3.61. The van der Waals surface area contributed by atoms with Crippen molar-refractivity contribution in [2.24, 2.45) is 0 Å². The monoisotopic (exact) mass is 391 g/mol. The number of methoxy groups -OCH3 is 1. The highest BCUT2D eigenvalue weighted by Gasteiger charge is 2.10. The molecule has 0 fully saturated rings. The molecule has 0 aliphatic carbocycles. The van der Waals surface area contributed by atoms with E-state index in [2.05, 4.69) is 39.3 Å². The first-order valence-corrected chi connectivity index (χ1v) is 9.52. The number of anilines is 4. The van der Waals surface area contributed by atoms with E-state index in [1.165, 1.54) is 6.33 Å². The van der Waals surface area contributed by atoms with Gasteiger partial charge in [-0.25, -0.2) is 9.97 Å². The lowest BCUT2D eigenvalue weighted by Crippen LogP contribution is -2.21. The van der Waals surface area contributed by atoms with Crippen molar-refractivity contribution in [1.82, 2.24) is 9.97 Å². The third-order valence-corrected chi connectivity index (χ3v) is 4.52. The Kier molecular flexibility index (Phi) is 6.63. The molecule has 0 unspecified atom stereocenters. The van der Waals surface area contributed by atoms with Gasteiger partial charge < -0.3 is 20.3 Å². The summed E-state index contributed by atoms with van der Waals surface area (Å²) in [5, 5.41) is 6.03. The molecule has 29 heavy (non-hydrogen) atoms.